The maximum Gasteiger partial charge on any atom is 0.432 e. The average Bonchev–Trinajstić information content (AvgIpc) is 2.67. The van der Waals surface area contributed by atoms with Gasteiger partial charge in [-0.2, -0.15) is 13.2 Å². The van der Waals surface area contributed by atoms with Gasteiger partial charge in [0.25, 0.3) is 0 Å². The smallest absolute Gasteiger partial charge is 0.432 e. The first-order valence-electron chi connectivity index (χ1n) is 5.17. The van der Waals surface area contributed by atoms with Crippen molar-refractivity contribution in [1.82, 2.24) is 4.98 Å². The Morgan fingerprint density at radius 3 is 2.25 bits per heavy atom. The maximum atomic E-state index is 12.8. The first-order valence-corrected chi connectivity index (χ1v) is 6.35. The number of aromatic carboxylic acids is 1. The fourth-order valence-corrected chi connectivity index (χ4v) is 2.51. The van der Waals surface area contributed by atoms with Crippen molar-refractivity contribution in [3.63, 3.8) is 0 Å². The normalized spacial score (nSPS) is 11.7. The summed E-state index contributed by atoms with van der Waals surface area (Å²) in [5.41, 5.74) is -1.70. The van der Waals surface area contributed by atoms with Crippen LogP contribution in [0.15, 0.2) is 28.7 Å². The molecule has 1 heterocycles. The zero-order valence-corrected chi connectivity index (χ0v) is 11.9. The van der Waals surface area contributed by atoms with Gasteiger partial charge in [0.1, 0.15) is 5.69 Å². The third kappa shape index (κ3) is 2.69. The second-order valence-corrected chi connectivity index (χ2v) is 5.09. The first-order chi connectivity index (χ1) is 9.21. The summed E-state index contributed by atoms with van der Waals surface area (Å²) in [6.45, 7) is 0. The zero-order chi connectivity index (χ0) is 15.1. The minimum atomic E-state index is -4.71. The third-order valence-corrected chi connectivity index (χ3v) is 3.60. The number of hydrogen-bond acceptors (Lipinski definition) is 2. The number of aromatic amines is 1. The van der Waals surface area contributed by atoms with E-state index in [0.29, 0.717) is 5.02 Å². The fraction of sp³-hybridized carbons (Fsp3) is 0.0833. The van der Waals surface area contributed by atoms with Crippen LogP contribution >= 0.6 is 27.5 Å². The van der Waals surface area contributed by atoms with Gasteiger partial charge in [0, 0.05) is 10.6 Å². The minimum Gasteiger partial charge on any atom is -0.545 e. The third-order valence-electron chi connectivity index (χ3n) is 2.56. The molecule has 0 atom stereocenters. The van der Waals surface area contributed by atoms with Crippen LogP contribution in [0.2, 0.25) is 5.02 Å². The van der Waals surface area contributed by atoms with Gasteiger partial charge >= 0.3 is 6.18 Å². The molecule has 0 bridgehead atoms. The zero-order valence-electron chi connectivity index (χ0n) is 9.52. The molecule has 0 saturated heterocycles. The Kier molecular flexibility index (Phi) is 3.84. The highest BCUT2D eigenvalue weighted by Gasteiger charge is 2.37. The molecule has 2 rings (SSSR count). The summed E-state index contributed by atoms with van der Waals surface area (Å²) in [6.07, 6.45) is -4.71. The summed E-state index contributed by atoms with van der Waals surface area (Å²) in [5.74, 6) is -1.71. The largest absolute Gasteiger partial charge is 0.545 e. The van der Waals surface area contributed by atoms with Crippen LogP contribution in [0.3, 0.4) is 0 Å². The number of carboxylic acid groups (broad SMARTS) is 1. The van der Waals surface area contributed by atoms with E-state index in [1.165, 1.54) is 24.3 Å². The minimum absolute atomic E-state index is 0.194. The monoisotopic (exact) mass is 366 g/mol. The van der Waals surface area contributed by atoms with E-state index in [2.05, 4.69) is 20.9 Å². The van der Waals surface area contributed by atoms with Crippen molar-refractivity contribution in [3.8, 4) is 11.3 Å². The molecule has 8 heteroatoms. The van der Waals surface area contributed by atoms with E-state index in [9.17, 15) is 23.1 Å². The predicted octanol–water partition coefficient (Wildman–Crippen LogP) is 3.48. The number of carbonyl (C=O) groups is 1. The van der Waals surface area contributed by atoms with Crippen molar-refractivity contribution in [1.29, 1.82) is 0 Å². The van der Waals surface area contributed by atoms with Crippen LogP contribution in [0.4, 0.5) is 13.2 Å². The summed E-state index contributed by atoms with van der Waals surface area (Å²) in [6, 6.07) is 5.70. The number of alkyl halides is 3. The Bertz CT molecular complexity index is 665. The van der Waals surface area contributed by atoms with Crippen LogP contribution in [0, 0.1) is 0 Å². The number of H-pyrrole nitrogens is 1. The molecular formula is C12H5BrClF3NO2-. The maximum absolute atomic E-state index is 12.8. The molecule has 1 aromatic carbocycles. The molecule has 0 spiro atoms. The summed E-state index contributed by atoms with van der Waals surface area (Å²) in [5, 5.41) is 11.4. The highest BCUT2D eigenvalue weighted by molar-refractivity contribution is 9.10. The van der Waals surface area contributed by atoms with Crippen LogP contribution in [-0.4, -0.2) is 11.0 Å². The predicted molar refractivity (Wildman–Crippen MR) is 68.3 cm³/mol. The van der Waals surface area contributed by atoms with Crippen LogP contribution in [0.1, 0.15) is 16.1 Å². The van der Waals surface area contributed by atoms with E-state index in [1.54, 1.807) is 0 Å². The van der Waals surface area contributed by atoms with Crippen LogP contribution in [0.25, 0.3) is 11.3 Å². The fourth-order valence-electron chi connectivity index (χ4n) is 1.70. The van der Waals surface area contributed by atoms with Crippen molar-refractivity contribution < 1.29 is 23.1 Å². The number of carbonyl (C=O) groups excluding carboxylic acids is 1. The lowest BCUT2D eigenvalue weighted by Gasteiger charge is -2.06. The highest BCUT2D eigenvalue weighted by Crippen LogP contribution is 2.40. The van der Waals surface area contributed by atoms with Crippen LogP contribution in [0.5, 0.6) is 0 Å². The topological polar surface area (TPSA) is 55.9 Å². The number of halogens is 5. The number of hydrogen-bond donors (Lipinski definition) is 1. The van der Waals surface area contributed by atoms with E-state index in [-0.39, 0.29) is 11.3 Å². The molecule has 0 fully saturated rings. The van der Waals surface area contributed by atoms with E-state index >= 15 is 0 Å². The van der Waals surface area contributed by atoms with Gasteiger partial charge in [-0.1, -0.05) is 23.7 Å². The number of nitrogens with one attached hydrogen (secondary N) is 1. The van der Waals surface area contributed by atoms with Crippen molar-refractivity contribution in [2.24, 2.45) is 0 Å². The van der Waals surface area contributed by atoms with Gasteiger partial charge in [0.05, 0.1) is 16.1 Å². The molecule has 0 aliphatic carbocycles. The van der Waals surface area contributed by atoms with Gasteiger partial charge in [-0.05, 0) is 33.6 Å². The second kappa shape index (κ2) is 5.14. The van der Waals surface area contributed by atoms with E-state index in [0.717, 1.165) is 0 Å². The van der Waals surface area contributed by atoms with Crippen LogP contribution < -0.4 is 5.11 Å². The average molecular weight is 368 g/mol. The van der Waals surface area contributed by atoms with E-state index < -0.39 is 27.9 Å². The molecule has 0 saturated carbocycles. The Labute approximate surface area is 124 Å². The molecule has 0 aliphatic heterocycles. The molecule has 0 radical (unpaired) electrons. The molecule has 0 aliphatic rings. The Morgan fingerprint density at radius 2 is 1.80 bits per heavy atom. The van der Waals surface area contributed by atoms with Gasteiger partial charge in [0.15, 0.2) is 0 Å². The van der Waals surface area contributed by atoms with E-state index in [1.807, 2.05) is 0 Å². The van der Waals surface area contributed by atoms with Crippen molar-refractivity contribution in [2.75, 3.05) is 0 Å². The Morgan fingerprint density at radius 1 is 1.25 bits per heavy atom. The summed E-state index contributed by atoms with van der Waals surface area (Å²) >= 11 is 8.33. The summed E-state index contributed by atoms with van der Waals surface area (Å²) in [7, 11) is 0. The van der Waals surface area contributed by atoms with Gasteiger partial charge in [-0.3, -0.25) is 0 Å². The van der Waals surface area contributed by atoms with Crippen LogP contribution in [-0.2, 0) is 6.18 Å². The number of carboxylic acids is 1. The lowest BCUT2D eigenvalue weighted by Crippen LogP contribution is -2.23. The number of aromatic nitrogens is 1. The Balaban J connectivity index is 2.69. The highest BCUT2D eigenvalue weighted by atomic mass is 79.9. The molecule has 1 aromatic heterocycles. The van der Waals surface area contributed by atoms with Crippen molar-refractivity contribution in [3.05, 3.63) is 45.0 Å². The molecule has 2 aromatic rings. The van der Waals surface area contributed by atoms with Gasteiger partial charge in [0.2, 0.25) is 0 Å². The molecule has 0 amide bonds. The molecule has 3 nitrogen and oxygen atoms in total. The summed E-state index contributed by atoms with van der Waals surface area (Å²) in [4.78, 5) is 13.1. The van der Waals surface area contributed by atoms with Gasteiger partial charge in [-0.25, -0.2) is 0 Å². The lowest BCUT2D eigenvalue weighted by molar-refractivity contribution is -0.255. The molecule has 106 valence electrons. The van der Waals surface area contributed by atoms with E-state index in [4.69, 9.17) is 11.6 Å². The molecular weight excluding hydrogens is 362 g/mol. The second-order valence-electron chi connectivity index (χ2n) is 3.86. The molecule has 1 N–H and O–H groups in total. The molecule has 0 unspecified atom stereocenters. The van der Waals surface area contributed by atoms with Gasteiger partial charge in [-0.15, -0.1) is 0 Å². The standard InChI is InChI=1S/C12H6BrClF3NO2/c13-8-7(11(19)20)9(18-10(8)12(15,16)17)5-1-3-6(14)4-2-5/h1-4,18H,(H,19,20)/p-1. The van der Waals surface area contributed by atoms with Crippen molar-refractivity contribution in [2.45, 2.75) is 6.18 Å². The summed E-state index contributed by atoms with van der Waals surface area (Å²) < 4.78 is 37.8. The van der Waals surface area contributed by atoms with Crippen molar-refractivity contribution >= 4 is 33.5 Å². The Hall–Kier alpha value is -1.47. The number of benzene rings is 1. The SMILES string of the molecule is O=C([O-])c1c(-c2ccc(Cl)cc2)[nH]c(C(F)(F)F)c1Br. The van der Waals surface area contributed by atoms with Gasteiger partial charge < -0.3 is 14.9 Å². The lowest BCUT2D eigenvalue weighted by atomic mass is 10.1. The molecule has 20 heavy (non-hydrogen) atoms. The quantitative estimate of drug-likeness (QED) is 0.883. The first kappa shape index (κ1) is 14.9. The number of rotatable bonds is 2.